The molecule has 1 fully saturated rings. The SMILES string of the molecule is CN=C(NCc1cc(F)ccc1CS(C)(=O)=O)NCC1(c2ccc(F)cc2)CCCC1. The van der Waals surface area contributed by atoms with Crippen LogP contribution < -0.4 is 10.6 Å². The molecule has 0 unspecified atom stereocenters. The summed E-state index contributed by atoms with van der Waals surface area (Å²) in [4.78, 5) is 4.25. The smallest absolute Gasteiger partial charge is 0.191 e. The van der Waals surface area contributed by atoms with E-state index in [0.29, 0.717) is 23.6 Å². The summed E-state index contributed by atoms with van der Waals surface area (Å²) in [6, 6.07) is 10.8. The van der Waals surface area contributed by atoms with Gasteiger partial charge in [-0.2, -0.15) is 0 Å². The van der Waals surface area contributed by atoms with Gasteiger partial charge >= 0.3 is 0 Å². The van der Waals surface area contributed by atoms with E-state index in [1.165, 1.54) is 30.3 Å². The van der Waals surface area contributed by atoms with Gasteiger partial charge in [-0.25, -0.2) is 17.2 Å². The number of rotatable bonds is 7. The second-order valence-electron chi connectivity index (χ2n) is 8.26. The average molecular weight is 450 g/mol. The summed E-state index contributed by atoms with van der Waals surface area (Å²) in [5.74, 6) is -0.271. The number of hydrogen-bond acceptors (Lipinski definition) is 3. The average Bonchev–Trinajstić information content (AvgIpc) is 3.19. The van der Waals surface area contributed by atoms with Gasteiger partial charge < -0.3 is 10.6 Å². The van der Waals surface area contributed by atoms with Crippen molar-refractivity contribution in [1.29, 1.82) is 0 Å². The molecular formula is C23H29F2N3O2S. The Kier molecular flexibility index (Phi) is 7.30. The van der Waals surface area contributed by atoms with E-state index in [1.54, 1.807) is 7.05 Å². The Hall–Kier alpha value is -2.48. The van der Waals surface area contributed by atoms with Gasteiger partial charge in [0.15, 0.2) is 15.8 Å². The monoisotopic (exact) mass is 449 g/mol. The third kappa shape index (κ3) is 6.26. The van der Waals surface area contributed by atoms with E-state index in [-0.39, 0.29) is 23.5 Å². The molecule has 0 saturated heterocycles. The van der Waals surface area contributed by atoms with Crippen LogP contribution in [-0.2, 0) is 27.5 Å². The molecule has 2 N–H and O–H groups in total. The maximum atomic E-state index is 13.8. The van der Waals surface area contributed by atoms with E-state index < -0.39 is 15.7 Å². The molecule has 2 aromatic carbocycles. The first-order valence-electron chi connectivity index (χ1n) is 10.4. The van der Waals surface area contributed by atoms with Gasteiger partial charge in [-0.1, -0.05) is 31.0 Å². The predicted octanol–water partition coefficient (Wildman–Crippen LogP) is 3.69. The zero-order valence-electron chi connectivity index (χ0n) is 17.9. The minimum absolute atomic E-state index is 0.0916. The zero-order chi connectivity index (χ0) is 22.5. The molecule has 0 bridgehead atoms. The molecule has 0 atom stereocenters. The molecule has 0 radical (unpaired) electrons. The van der Waals surface area contributed by atoms with E-state index in [4.69, 9.17) is 0 Å². The number of sulfone groups is 1. The van der Waals surface area contributed by atoms with Crippen LogP contribution in [0.4, 0.5) is 8.78 Å². The summed E-state index contributed by atoms with van der Waals surface area (Å²) in [6.45, 7) is 0.878. The molecule has 168 valence electrons. The number of benzene rings is 2. The lowest BCUT2D eigenvalue weighted by Crippen LogP contribution is -2.44. The molecule has 5 nitrogen and oxygen atoms in total. The Labute approximate surface area is 182 Å². The van der Waals surface area contributed by atoms with Gasteiger partial charge in [0.05, 0.1) is 5.75 Å². The Morgan fingerprint density at radius 1 is 1.00 bits per heavy atom. The molecule has 8 heteroatoms. The number of guanidine groups is 1. The first kappa shape index (κ1) is 23.2. The molecule has 3 rings (SSSR count). The van der Waals surface area contributed by atoms with Crippen molar-refractivity contribution < 1.29 is 17.2 Å². The molecule has 0 aromatic heterocycles. The van der Waals surface area contributed by atoms with Gasteiger partial charge in [0, 0.05) is 31.8 Å². The number of hydrogen-bond donors (Lipinski definition) is 2. The van der Waals surface area contributed by atoms with Gasteiger partial charge in [0.1, 0.15) is 11.6 Å². The third-order valence-corrected chi connectivity index (χ3v) is 6.70. The van der Waals surface area contributed by atoms with Crippen molar-refractivity contribution in [3.8, 4) is 0 Å². The molecule has 1 saturated carbocycles. The van der Waals surface area contributed by atoms with Crippen molar-refractivity contribution in [2.45, 2.75) is 43.4 Å². The van der Waals surface area contributed by atoms with Crippen LogP contribution in [0.2, 0.25) is 0 Å². The van der Waals surface area contributed by atoms with Crippen LogP contribution in [0.1, 0.15) is 42.4 Å². The van der Waals surface area contributed by atoms with Gasteiger partial charge in [-0.15, -0.1) is 0 Å². The highest BCUT2D eigenvalue weighted by atomic mass is 32.2. The molecule has 1 aliphatic rings. The molecular weight excluding hydrogens is 420 g/mol. The quantitative estimate of drug-likeness (QED) is 0.500. The molecule has 0 aliphatic heterocycles. The van der Waals surface area contributed by atoms with Crippen molar-refractivity contribution in [3.63, 3.8) is 0 Å². The predicted molar refractivity (Wildman–Crippen MR) is 120 cm³/mol. The van der Waals surface area contributed by atoms with E-state index in [2.05, 4.69) is 15.6 Å². The van der Waals surface area contributed by atoms with Crippen LogP contribution >= 0.6 is 0 Å². The van der Waals surface area contributed by atoms with Crippen molar-refractivity contribution in [2.24, 2.45) is 4.99 Å². The number of nitrogens with one attached hydrogen (secondary N) is 2. The van der Waals surface area contributed by atoms with E-state index >= 15 is 0 Å². The van der Waals surface area contributed by atoms with Crippen LogP contribution in [-0.4, -0.2) is 34.2 Å². The minimum Gasteiger partial charge on any atom is -0.356 e. The summed E-state index contributed by atoms with van der Waals surface area (Å²) in [7, 11) is -1.59. The highest BCUT2D eigenvalue weighted by Crippen LogP contribution is 2.40. The molecule has 1 aliphatic carbocycles. The number of halogens is 2. The fraction of sp³-hybridized carbons (Fsp3) is 0.435. The van der Waals surface area contributed by atoms with Crippen LogP contribution in [0.25, 0.3) is 0 Å². The summed E-state index contributed by atoms with van der Waals surface area (Å²) in [6.07, 6.45) is 5.40. The minimum atomic E-state index is -3.24. The topological polar surface area (TPSA) is 70.6 Å². The number of nitrogens with zero attached hydrogens (tertiary/aromatic N) is 1. The molecule has 2 aromatic rings. The summed E-state index contributed by atoms with van der Waals surface area (Å²) in [5.41, 5.74) is 2.15. The summed E-state index contributed by atoms with van der Waals surface area (Å²) >= 11 is 0. The Balaban J connectivity index is 1.69. The van der Waals surface area contributed by atoms with Gasteiger partial charge in [0.25, 0.3) is 0 Å². The lowest BCUT2D eigenvalue weighted by atomic mass is 9.79. The van der Waals surface area contributed by atoms with Crippen LogP contribution in [0, 0.1) is 11.6 Å². The first-order valence-corrected chi connectivity index (χ1v) is 12.4. The second-order valence-corrected chi connectivity index (χ2v) is 10.4. The standard InChI is InChI=1S/C23H29F2N3O2S/c1-26-22(27-14-18-13-21(25)8-5-17(18)15-31(2,29)30)28-16-23(11-3-4-12-23)19-6-9-20(24)10-7-19/h5-10,13H,3-4,11-12,14-16H2,1-2H3,(H2,26,27,28). The largest absolute Gasteiger partial charge is 0.356 e. The fourth-order valence-electron chi connectivity index (χ4n) is 4.26. The Morgan fingerprint density at radius 2 is 1.65 bits per heavy atom. The second kappa shape index (κ2) is 9.77. The first-order chi connectivity index (χ1) is 14.7. The molecule has 0 spiro atoms. The fourth-order valence-corrected chi connectivity index (χ4v) is 5.10. The zero-order valence-corrected chi connectivity index (χ0v) is 18.7. The maximum Gasteiger partial charge on any atom is 0.191 e. The van der Waals surface area contributed by atoms with Crippen LogP contribution in [0.5, 0.6) is 0 Å². The van der Waals surface area contributed by atoms with E-state index in [9.17, 15) is 17.2 Å². The van der Waals surface area contributed by atoms with Gasteiger partial charge in [-0.3, -0.25) is 4.99 Å². The van der Waals surface area contributed by atoms with Crippen LogP contribution in [0.15, 0.2) is 47.5 Å². The normalized spacial score (nSPS) is 16.3. The van der Waals surface area contributed by atoms with Crippen molar-refractivity contribution in [3.05, 3.63) is 70.8 Å². The van der Waals surface area contributed by atoms with E-state index in [1.807, 2.05) is 12.1 Å². The molecule has 31 heavy (non-hydrogen) atoms. The summed E-state index contributed by atoms with van der Waals surface area (Å²) < 4.78 is 50.5. The Morgan fingerprint density at radius 3 is 2.26 bits per heavy atom. The lowest BCUT2D eigenvalue weighted by molar-refractivity contribution is 0.431. The van der Waals surface area contributed by atoms with Crippen molar-refractivity contribution in [1.82, 2.24) is 10.6 Å². The van der Waals surface area contributed by atoms with Crippen molar-refractivity contribution in [2.75, 3.05) is 19.8 Å². The van der Waals surface area contributed by atoms with Gasteiger partial charge in [-0.05, 0) is 53.8 Å². The Bertz CT molecular complexity index is 1030. The van der Waals surface area contributed by atoms with E-state index in [0.717, 1.165) is 37.5 Å². The lowest BCUT2D eigenvalue weighted by Gasteiger charge is -2.31. The molecule has 0 heterocycles. The molecule has 0 amide bonds. The van der Waals surface area contributed by atoms with Crippen molar-refractivity contribution >= 4 is 15.8 Å². The highest BCUT2D eigenvalue weighted by Gasteiger charge is 2.35. The maximum absolute atomic E-state index is 13.8. The summed E-state index contributed by atoms with van der Waals surface area (Å²) in [5, 5.41) is 6.51. The highest BCUT2D eigenvalue weighted by molar-refractivity contribution is 7.89. The third-order valence-electron chi connectivity index (χ3n) is 5.87. The van der Waals surface area contributed by atoms with Gasteiger partial charge in [0.2, 0.25) is 0 Å². The number of aliphatic imine (C=N–C) groups is 1. The van der Waals surface area contributed by atoms with Crippen LogP contribution in [0.3, 0.4) is 0 Å².